The third kappa shape index (κ3) is 2.35. The number of rotatable bonds is 2. The number of aromatic nitrogens is 1. The minimum absolute atomic E-state index is 0.0709. The van der Waals surface area contributed by atoms with Crippen LogP contribution in [0.5, 0.6) is 0 Å². The number of nitrogens with two attached hydrogens (primary N) is 1. The van der Waals surface area contributed by atoms with Crippen molar-refractivity contribution < 1.29 is 0 Å². The molecule has 0 aliphatic carbocycles. The summed E-state index contributed by atoms with van der Waals surface area (Å²) in [5.41, 5.74) is 8.23. The first-order valence-corrected chi connectivity index (χ1v) is 6.15. The maximum atomic E-state index is 5.86. The Labute approximate surface area is 97.7 Å². The number of nitrogens with zero attached hydrogens (tertiary/aromatic N) is 2. The van der Waals surface area contributed by atoms with Crippen molar-refractivity contribution in [2.24, 2.45) is 5.73 Å². The first-order valence-electron chi connectivity index (χ1n) is 6.15. The summed E-state index contributed by atoms with van der Waals surface area (Å²) in [4.78, 5) is 6.96. The van der Waals surface area contributed by atoms with E-state index < -0.39 is 0 Å². The van der Waals surface area contributed by atoms with Crippen molar-refractivity contribution in [3.05, 3.63) is 23.4 Å². The number of hydrogen-bond acceptors (Lipinski definition) is 3. The highest BCUT2D eigenvalue weighted by Crippen LogP contribution is 2.23. The van der Waals surface area contributed by atoms with Crippen LogP contribution in [0.1, 0.15) is 43.4 Å². The molecule has 0 amide bonds. The van der Waals surface area contributed by atoms with Crippen LogP contribution in [0.2, 0.25) is 0 Å². The molecule has 2 heterocycles. The first-order chi connectivity index (χ1) is 7.68. The molecule has 1 unspecified atom stereocenters. The van der Waals surface area contributed by atoms with Gasteiger partial charge < -0.3 is 10.6 Å². The molecule has 1 saturated heterocycles. The molecule has 0 aromatic carbocycles. The van der Waals surface area contributed by atoms with E-state index in [4.69, 9.17) is 5.73 Å². The lowest BCUT2D eigenvalue weighted by Gasteiger charge is -2.29. The molecule has 0 bridgehead atoms. The topological polar surface area (TPSA) is 42.1 Å². The average molecular weight is 219 g/mol. The molecule has 1 aliphatic heterocycles. The standard InChI is InChI=1S/C13H21N3/c1-10-8-12(11(2)14)9-15-13(10)16-6-4-3-5-7-16/h8-9,11H,3-7,14H2,1-2H3. The monoisotopic (exact) mass is 219 g/mol. The van der Waals surface area contributed by atoms with Crippen LogP contribution in [0.25, 0.3) is 0 Å². The SMILES string of the molecule is Cc1cc(C(C)N)cnc1N1CCCCC1. The van der Waals surface area contributed by atoms with E-state index in [9.17, 15) is 0 Å². The summed E-state index contributed by atoms with van der Waals surface area (Å²) < 4.78 is 0. The summed E-state index contributed by atoms with van der Waals surface area (Å²) in [5, 5.41) is 0. The van der Waals surface area contributed by atoms with Crippen LogP contribution in [-0.4, -0.2) is 18.1 Å². The number of aryl methyl sites for hydroxylation is 1. The smallest absolute Gasteiger partial charge is 0.131 e. The molecule has 0 spiro atoms. The Morgan fingerprint density at radius 2 is 2.00 bits per heavy atom. The molecule has 2 rings (SSSR count). The molecule has 88 valence electrons. The second kappa shape index (κ2) is 4.83. The van der Waals surface area contributed by atoms with Crippen molar-refractivity contribution in [2.45, 2.75) is 39.2 Å². The number of anilines is 1. The van der Waals surface area contributed by atoms with Crippen LogP contribution in [0.4, 0.5) is 5.82 Å². The van der Waals surface area contributed by atoms with Crippen molar-refractivity contribution in [2.75, 3.05) is 18.0 Å². The second-order valence-electron chi connectivity index (χ2n) is 4.75. The minimum atomic E-state index is 0.0709. The van der Waals surface area contributed by atoms with Crippen LogP contribution in [0, 0.1) is 6.92 Å². The maximum absolute atomic E-state index is 5.86. The second-order valence-corrected chi connectivity index (χ2v) is 4.75. The van der Waals surface area contributed by atoms with Crippen LogP contribution < -0.4 is 10.6 Å². The molecule has 0 saturated carbocycles. The quantitative estimate of drug-likeness (QED) is 0.830. The van der Waals surface area contributed by atoms with Crippen molar-refractivity contribution in [3.63, 3.8) is 0 Å². The van der Waals surface area contributed by atoms with Gasteiger partial charge in [0.2, 0.25) is 0 Å². The van der Waals surface area contributed by atoms with Gasteiger partial charge >= 0.3 is 0 Å². The molecule has 16 heavy (non-hydrogen) atoms. The van der Waals surface area contributed by atoms with E-state index in [1.54, 1.807) is 0 Å². The molecule has 3 heteroatoms. The van der Waals surface area contributed by atoms with Gasteiger partial charge in [-0.25, -0.2) is 4.98 Å². The van der Waals surface area contributed by atoms with Gasteiger partial charge in [-0.05, 0) is 50.3 Å². The third-order valence-corrected chi connectivity index (χ3v) is 3.25. The maximum Gasteiger partial charge on any atom is 0.131 e. The largest absolute Gasteiger partial charge is 0.356 e. The van der Waals surface area contributed by atoms with Crippen molar-refractivity contribution in [1.29, 1.82) is 0 Å². The molecule has 1 aliphatic rings. The average Bonchev–Trinajstić information content (AvgIpc) is 2.30. The molecular formula is C13H21N3. The Morgan fingerprint density at radius 3 is 2.56 bits per heavy atom. The molecule has 1 atom stereocenters. The Kier molecular flexibility index (Phi) is 3.44. The fraction of sp³-hybridized carbons (Fsp3) is 0.615. The van der Waals surface area contributed by atoms with E-state index in [0.29, 0.717) is 0 Å². The van der Waals surface area contributed by atoms with Gasteiger partial charge in [0.25, 0.3) is 0 Å². The van der Waals surface area contributed by atoms with Crippen molar-refractivity contribution >= 4 is 5.82 Å². The van der Waals surface area contributed by atoms with Crippen molar-refractivity contribution in [1.82, 2.24) is 4.98 Å². The van der Waals surface area contributed by atoms with Crippen LogP contribution in [-0.2, 0) is 0 Å². The summed E-state index contributed by atoms with van der Waals surface area (Å²) in [7, 11) is 0. The molecule has 3 nitrogen and oxygen atoms in total. The minimum Gasteiger partial charge on any atom is -0.356 e. The molecule has 2 N–H and O–H groups in total. The van der Waals surface area contributed by atoms with Gasteiger partial charge in [-0.15, -0.1) is 0 Å². The van der Waals surface area contributed by atoms with Crippen LogP contribution in [0.15, 0.2) is 12.3 Å². The van der Waals surface area contributed by atoms with E-state index in [2.05, 4.69) is 22.9 Å². The van der Waals surface area contributed by atoms with Crippen LogP contribution >= 0.6 is 0 Å². The highest BCUT2D eigenvalue weighted by molar-refractivity contribution is 5.47. The van der Waals surface area contributed by atoms with Crippen LogP contribution in [0.3, 0.4) is 0 Å². The Hall–Kier alpha value is -1.09. The lowest BCUT2D eigenvalue weighted by atomic mass is 10.1. The molecule has 0 radical (unpaired) electrons. The van der Waals surface area contributed by atoms with E-state index in [1.807, 2.05) is 13.1 Å². The summed E-state index contributed by atoms with van der Waals surface area (Å²) in [5.74, 6) is 1.14. The van der Waals surface area contributed by atoms with Gasteiger partial charge in [-0.3, -0.25) is 0 Å². The predicted octanol–water partition coefficient (Wildman–Crippen LogP) is 2.40. The molecular weight excluding hydrogens is 198 g/mol. The zero-order valence-corrected chi connectivity index (χ0v) is 10.2. The lowest BCUT2D eigenvalue weighted by molar-refractivity contribution is 0.572. The lowest BCUT2D eigenvalue weighted by Crippen LogP contribution is -2.30. The Balaban J connectivity index is 2.21. The fourth-order valence-corrected chi connectivity index (χ4v) is 2.28. The van der Waals surface area contributed by atoms with Crippen molar-refractivity contribution in [3.8, 4) is 0 Å². The van der Waals surface area contributed by atoms with E-state index in [-0.39, 0.29) is 6.04 Å². The molecule has 1 aromatic heterocycles. The molecule has 1 aromatic rings. The number of pyridine rings is 1. The summed E-state index contributed by atoms with van der Waals surface area (Å²) in [6.45, 7) is 6.41. The highest BCUT2D eigenvalue weighted by Gasteiger charge is 2.14. The van der Waals surface area contributed by atoms with Gasteiger partial charge in [0.15, 0.2) is 0 Å². The summed E-state index contributed by atoms with van der Waals surface area (Å²) >= 11 is 0. The number of piperidine rings is 1. The summed E-state index contributed by atoms with van der Waals surface area (Å²) in [6.07, 6.45) is 5.85. The Morgan fingerprint density at radius 1 is 1.31 bits per heavy atom. The predicted molar refractivity (Wildman–Crippen MR) is 67.6 cm³/mol. The fourth-order valence-electron chi connectivity index (χ4n) is 2.28. The van der Waals surface area contributed by atoms with E-state index >= 15 is 0 Å². The first kappa shape index (κ1) is 11.4. The third-order valence-electron chi connectivity index (χ3n) is 3.25. The van der Waals surface area contributed by atoms with Gasteiger partial charge in [-0.2, -0.15) is 0 Å². The Bertz CT molecular complexity index is 354. The van der Waals surface area contributed by atoms with Gasteiger partial charge in [0.1, 0.15) is 5.82 Å². The number of hydrogen-bond donors (Lipinski definition) is 1. The zero-order chi connectivity index (χ0) is 11.5. The van der Waals surface area contributed by atoms with E-state index in [1.165, 1.54) is 24.8 Å². The highest BCUT2D eigenvalue weighted by atomic mass is 15.2. The van der Waals surface area contributed by atoms with E-state index in [0.717, 1.165) is 24.5 Å². The summed E-state index contributed by atoms with van der Waals surface area (Å²) in [6, 6.07) is 2.24. The normalized spacial score (nSPS) is 18.6. The zero-order valence-electron chi connectivity index (χ0n) is 10.2. The van der Waals surface area contributed by atoms with Gasteiger partial charge in [-0.1, -0.05) is 0 Å². The molecule has 1 fully saturated rings. The van der Waals surface area contributed by atoms with Gasteiger partial charge in [0, 0.05) is 25.3 Å². The van der Waals surface area contributed by atoms with Gasteiger partial charge in [0.05, 0.1) is 0 Å².